The van der Waals surface area contributed by atoms with Crippen molar-refractivity contribution in [2.24, 2.45) is 0 Å². The first-order valence-corrected chi connectivity index (χ1v) is 6.72. The number of amides is 1. The molecular weight excluding hydrogens is 291 g/mol. The number of halogens is 2. The minimum atomic E-state index is -0.271. The maximum Gasteiger partial charge on any atom is 0.267 e. The Morgan fingerprint density at radius 2 is 2.11 bits per heavy atom. The summed E-state index contributed by atoms with van der Waals surface area (Å²) in [5, 5.41) is 5.55. The molecule has 0 saturated heterocycles. The molecule has 0 aliphatic rings. The Bertz CT molecular complexity index is 610. The number of nitrogens with two attached hydrogens (primary N) is 1. The smallest absolute Gasteiger partial charge is 0.267 e. The number of carbonyl (C=O) groups excluding carboxylic acids is 1. The molecule has 0 spiro atoms. The van der Waals surface area contributed by atoms with E-state index in [-0.39, 0.29) is 5.91 Å². The van der Waals surface area contributed by atoms with Crippen molar-refractivity contribution in [3.63, 3.8) is 0 Å². The van der Waals surface area contributed by atoms with Gasteiger partial charge in [-0.1, -0.05) is 23.2 Å². The fraction of sp³-hybridized carbons (Fsp3) is 0.0833. The molecule has 0 aliphatic carbocycles. The number of benzene rings is 1. The zero-order valence-corrected chi connectivity index (χ0v) is 11.8. The summed E-state index contributed by atoms with van der Waals surface area (Å²) in [5.41, 5.74) is 7.58. The Hall–Kier alpha value is -1.23. The molecule has 3 nitrogen and oxygen atoms in total. The van der Waals surface area contributed by atoms with Gasteiger partial charge in [0.25, 0.3) is 5.91 Å². The summed E-state index contributed by atoms with van der Waals surface area (Å²) < 4.78 is 0. The maximum atomic E-state index is 12.0. The second-order valence-electron chi connectivity index (χ2n) is 3.75. The normalized spacial score (nSPS) is 10.4. The van der Waals surface area contributed by atoms with Crippen LogP contribution >= 0.6 is 34.5 Å². The third-order valence-electron chi connectivity index (χ3n) is 2.37. The van der Waals surface area contributed by atoms with Crippen LogP contribution in [0.2, 0.25) is 10.0 Å². The first-order valence-electron chi connectivity index (χ1n) is 5.09. The van der Waals surface area contributed by atoms with Gasteiger partial charge in [-0.2, -0.15) is 0 Å². The van der Waals surface area contributed by atoms with Crippen molar-refractivity contribution in [3.05, 3.63) is 44.1 Å². The first-order chi connectivity index (χ1) is 8.49. The fourth-order valence-corrected chi connectivity index (χ4v) is 2.76. The number of nitrogen functional groups attached to an aromatic ring is 1. The lowest BCUT2D eigenvalue weighted by Gasteiger charge is -2.07. The van der Waals surface area contributed by atoms with E-state index in [2.05, 4.69) is 5.32 Å². The van der Waals surface area contributed by atoms with Crippen LogP contribution in [0.25, 0.3) is 0 Å². The second kappa shape index (κ2) is 5.18. The van der Waals surface area contributed by atoms with Gasteiger partial charge in [-0.3, -0.25) is 4.79 Å². The zero-order chi connectivity index (χ0) is 13.3. The van der Waals surface area contributed by atoms with Crippen LogP contribution < -0.4 is 11.1 Å². The van der Waals surface area contributed by atoms with Gasteiger partial charge in [0.15, 0.2) is 0 Å². The third kappa shape index (κ3) is 2.61. The summed E-state index contributed by atoms with van der Waals surface area (Å²) in [6, 6.07) is 4.90. The van der Waals surface area contributed by atoms with Gasteiger partial charge >= 0.3 is 0 Å². The molecule has 18 heavy (non-hydrogen) atoms. The van der Waals surface area contributed by atoms with E-state index in [0.717, 1.165) is 5.56 Å². The minimum Gasteiger partial charge on any atom is -0.397 e. The van der Waals surface area contributed by atoms with E-state index in [1.54, 1.807) is 18.2 Å². The molecule has 1 aromatic carbocycles. The van der Waals surface area contributed by atoms with Crippen LogP contribution in [-0.2, 0) is 0 Å². The quantitative estimate of drug-likeness (QED) is 0.817. The van der Waals surface area contributed by atoms with E-state index < -0.39 is 0 Å². The Morgan fingerprint density at radius 3 is 2.67 bits per heavy atom. The number of thiophene rings is 1. The molecule has 0 bridgehead atoms. The van der Waals surface area contributed by atoms with Crippen molar-refractivity contribution >= 4 is 51.8 Å². The summed E-state index contributed by atoms with van der Waals surface area (Å²) in [6.07, 6.45) is 0. The number of rotatable bonds is 2. The standard InChI is InChI=1S/C12H10Cl2N2OS/c1-6-5-18-11(10(6)14)12(17)16-9-3-2-7(13)4-8(9)15/h2-5H,15H2,1H3,(H,16,17). The SMILES string of the molecule is Cc1csc(C(=O)Nc2ccc(Cl)cc2N)c1Cl. The van der Waals surface area contributed by atoms with Crippen LogP contribution in [0.3, 0.4) is 0 Å². The molecule has 2 aromatic rings. The fourth-order valence-electron chi connectivity index (χ4n) is 1.41. The predicted octanol–water partition coefficient (Wildman–Crippen LogP) is 4.20. The Labute approximate surface area is 119 Å². The second-order valence-corrected chi connectivity index (χ2v) is 5.44. The average molecular weight is 301 g/mol. The van der Waals surface area contributed by atoms with Gasteiger partial charge in [0.2, 0.25) is 0 Å². The molecule has 0 radical (unpaired) electrons. The van der Waals surface area contributed by atoms with Gasteiger partial charge in [-0.05, 0) is 36.1 Å². The minimum absolute atomic E-state index is 0.271. The molecule has 1 amide bonds. The number of aryl methyl sites for hydroxylation is 1. The zero-order valence-electron chi connectivity index (χ0n) is 9.46. The van der Waals surface area contributed by atoms with Gasteiger partial charge < -0.3 is 11.1 Å². The number of anilines is 2. The van der Waals surface area contributed by atoms with Crippen molar-refractivity contribution in [1.29, 1.82) is 0 Å². The summed E-state index contributed by atoms with van der Waals surface area (Å²) in [4.78, 5) is 12.5. The van der Waals surface area contributed by atoms with Gasteiger partial charge in [0.1, 0.15) is 4.88 Å². The van der Waals surface area contributed by atoms with Crippen molar-refractivity contribution in [3.8, 4) is 0 Å². The highest BCUT2D eigenvalue weighted by Gasteiger charge is 2.15. The van der Waals surface area contributed by atoms with Gasteiger partial charge in [-0.25, -0.2) is 0 Å². The summed E-state index contributed by atoms with van der Waals surface area (Å²) in [5.74, 6) is -0.271. The lowest BCUT2D eigenvalue weighted by atomic mass is 10.2. The van der Waals surface area contributed by atoms with Gasteiger partial charge in [0.05, 0.1) is 16.4 Å². The molecule has 0 fully saturated rings. The first kappa shape index (κ1) is 13.2. The number of nitrogens with one attached hydrogen (secondary N) is 1. The van der Waals surface area contributed by atoms with Crippen LogP contribution in [0.15, 0.2) is 23.6 Å². The van der Waals surface area contributed by atoms with Crippen molar-refractivity contribution in [2.75, 3.05) is 11.1 Å². The van der Waals surface area contributed by atoms with Crippen molar-refractivity contribution in [1.82, 2.24) is 0 Å². The van der Waals surface area contributed by atoms with Crippen LogP contribution in [0.1, 0.15) is 15.2 Å². The van der Waals surface area contributed by atoms with E-state index >= 15 is 0 Å². The molecule has 6 heteroatoms. The van der Waals surface area contributed by atoms with E-state index in [9.17, 15) is 4.79 Å². The third-order valence-corrected chi connectivity index (χ3v) is 4.30. The van der Waals surface area contributed by atoms with Crippen LogP contribution in [0, 0.1) is 6.92 Å². The molecule has 3 N–H and O–H groups in total. The molecule has 0 aliphatic heterocycles. The molecule has 1 aromatic heterocycles. The van der Waals surface area contributed by atoms with Crippen molar-refractivity contribution in [2.45, 2.75) is 6.92 Å². The predicted molar refractivity (Wildman–Crippen MR) is 77.9 cm³/mol. The maximum absolute atomic E-state index is 12.0. The molecule has 1 heterocycles. The Balaban J connectivity index is 2.24. The topological polar surface area (TPSA) is 55.1 Å². The summed E-state index contributed by atoms with van der Waals surface area (Å²) >= 11 is 13.1. The Kier molecular flexibility index (Phi) is 3.80. The van der Waals surface area contributed by atoms with Crippen molar-refractivity contribution < 1.29 is 4.79 Å². The number of hydrogen-bond donors (Lipinski definition) is 2. The summed E-state index contributed by atoms with van der Waals surface area (Å²) in [7, 11) is 0. The number of hydrogen-bond acceptors (Lipinski definition) is 3. The highest BCUT2D eigenvalue weighted by atomic mass is 35.5. The molecule has 2 rings (SSSR count). The largest absolute Gasteiger partial charge is 0.397 e. The summed E-state index contributed by atoms with van der Waals surface area (Å²) in [6.45, 7) is 1.85. The van der Waals surface area contributed by atoms with Gasteiger partial charge in [-0.15, -0.1) is 11.3 Å². The highest BCUT2D eigenvalue weighted by Crippen LogP contribution is 2.29. The highest BCUT2D eigenvalue weighted by molar-refractivity contribution is 7.13. The van der Waals surface area contributed by atoms with Crippen LogP contribution in [0.4, 0.5) is 11.4 Å². The molecule has 0 saturated carbocycles. The van der Waals surface area contributed by atoms with Gasteiger partial charge in [0, 0.05) is 5.02 Å². The van der Waals surface area contributed by atoms with Crippen LogP contribution in [0.5, 0.6) is 0 Å². The Morgan fingerprint density at radius 1 is 1.39 bits per heavy atom. The van der Waals surface area contributed by atoms with Crippen LogP contribution in [-0.4, -0.2) is 5.91 Å². The number of carbonyl (C=O) groups is 1. The molecule has 0 unspecified atom stereocenters. The molecule has 0 atom stereocenters. The molecular formula is C12H10Cl2N2OS. The monoisotopic (exact) mass is 300 g/mol. The van der Waals surface area contributed by atoms with E-state index in [0.29, 0.717) is 26.3 Å². The molecule has 94 valence electrons. The lowest BCUT2D eigenvalue weighted by Crippen LogP contribution is -2.12. The lowest BCUT2D eigenvalue weighted by molar-refractivity contribution is 0.103. The average Bonchev–Trinajstić information content (AvgIpc) is 2.64. The van der Waals surface area contributed by atoms with E-state index in [1.807, 2.05) is 12.3 Å². The van der Waals surface area contributed by atoms with E-state index in [1.165, 1.54) is 11.3 Å². The van der Waals surface area contributed by atoms with E-state index in [4.69, 9.17) is 28.9 Å².